The molecule has 1 unspecified atom stereocenters. The molecule has 0 aliphatic rings. The number of hydrogen-bond acceptors (Lipinski definition) is 1. The Morgan fingerprint density at radius 1 is 1.16 bits per heavy atom. The van der Waals surface area contributed by atoms with E-state index >= 15 is 0 Å². The van der Waals surface area contributed by atoms with Crippen LogP contribution in [-0.4, -0.2) is 0 Å². The largest absolute Gasteiger partial charge is 0.207 e. The molecule has 0 fully saturated rings. The van der Waals surface area contributed by atoms with E-state index in [9.17, 15) is 4.39 Å². The van der Waals surface area contributed by atoms with Gasteiger partial charge in [0, 0.05) is 15.3 Å². The van der Waals surface area contributed by atoms with E-state index in [-0.39, 0.29) is 16.1 Å². The Balaban J connectivity index is 2.34. The van der Waals surface area contributed by atoms with Crippen molar-refractivity contribution in [2.75, 3.05) is 0 Å². The SMILES string of the molecule is Cc1ccc(C(Br)c2ccc(C(C)(C)C)s2)c(F)c1. The van der Waals surface area contributed by atoms with Gasteiger partial charge in [0.15, 0.2) is 0 Å². The normalized spacial score (nSPS) is 13.6. The van der Waals surface area contributed by atoms with Crippen molar-refractivity contribution in [3.05, 3.63) is 57.0 Å². The molecule has 2 aromatic rings. The van der Waals surface area contributed by atoms with Crippen LogP contribution in [0.2, 0.25) is 0 Å². The van der Waals surface area contributed by atoms with Gasteiger partial charge in [0.2, 0.25) is 0 Å². The summed E-state index contributed by atoms with van der Waals surface area (Å²) in [6.07, 6.45) is 0. The van der Waals surface area contributed by atoms with Gasteiger partial charge in [-0.3, -0.25) is 0 Å². The molecular formula is C16H18BrFS. The highest BCUT2D eigenvalue weighted by molar-refractivity contribution is 9.09. The quantitative estimate of drug-likeness (QED) is 0.590. The molecule has 0 saturated carbocycles. The topological polar surface area (TPSA) is 0 Å². The van der Waals surface area contributed by atoms with Crippen LogP contribution in [0, 0.1) is 12.7 Å². The van der Waals surface area contributed by atoms with Crippen LogP contribution >= 0.6 is 27.3 Å². The van der Waals surface area contributed by atoms with E-state index in [0.29, 0.717) is 5.56 Å². The maximum Gasteiger partial charge on any atom is 0.128 e. The maximum absolute atomic E-state index is 14.0. The Hall–Kier alpha value is -0.670. The molecule has 0 spiro atoms. The maximum atomic E-state index is 14.0. The van der Waals surface area contributed by atoms with Crippen molar-refractivity contribution in [1.82, 2.24) is 0 Å². The lowest BCUT2D eigenvalue weighted by Crippen LogP contribution is -2.07. The van der Waals surface area contributed by atoms with Gasteiger partial charge in [-0.25, -0.2) is 4.39 Å². The zero-order valence-corrected chi connectivity index (χ0v) is 14.0. The lowest BCUT2D eigenvalue weighted by atomic mass is 9.95. The van der Waals surface area contributed by atoms with Gasteiger partial charge in [-0.05, 0) is 36.1 Å². The number of thiophene rings is 1. The zero-order valence-electron chi connectivity index (χ0n) is 11.6. The molecule has 102 valence electrons. The molecule has 0 saturated heterocycles. The van der Waals surface area contributed by atoms with E-state index in [1.807, 2.05) is 19.1 Å². The number of alkyl halides is 1. The minimum Gasteiger partial charge on any atom is -0.207 e. The summed E-state index contributed by atoms with van der Waals surface area (Å²) in [5, 5.41) is 0. The first-order valence-corrected chi connectivity index (χ1v) is 8.02. The number of halogens is 2. The van der Waals surface area contributed by atoms with Crippen molar-refractivity contribution < 1.29 is 4.39 Å². The fourth-order valence-electron chi connectivity index (χ4n) is 1.88. The van der Waals surface area contributed by atoms with Crippen molar-refractivity contribution in [3.8, 4) is 0 Å². The molecule has 0 aliphatic heterocycles. The van der Waals surface area contributed by atoms with Gasteiger partial charge in [0.1, 0.15) is 5.82 Å². The highest BCUT2D eigenvalue weighted by Crippen LogP contribution is 2.39. The van der Waals surface area contributed by atoms with E-state index in [1.165, 1.54) is 4.88 Å². The zero-order chi connectivity index (χ0) is 14.2. The van der Waals surface area contributed by atoms with Crippen LogP contribution in [-0.2, 0) is 5.41 Å². The van der Waals surface area contributed by atoms with Crippen molar-refractivity contribution in [2.45, 2.75) is 37.9 Å². The Morgan fingerprint density at radius 3 is 2.37 bits per heavy atom. The average molecular weight is 341 g/mol. The minimum atomic E-state index is -0.146. The van der Waals surface area contributed by atoms with Gasteiger partial charge in [0.25, 0.3) is 0 Å². The van der Waals surface area contributed by atoms with Crippen LogP contribution < -0.4 is 0 Å². The van der Waals surface area contributed by atoms with Gasteiger partial charge in [-0.15, -0.1) is 11.3 Å². The summed E-state index contributed by atoms with van der Waals surface area (Å²) in [7, 11) is 0. The molecule has 0 aliphatic carbocycles. The molecule has 0 N–H and O–H groups in total. The fraction of sp³-hybridized carbons (Fsp3) is 0.375. The van der Waals surface area contributed by atoms with Gasteiger partial charge in [-0.1, -0.05) is 48.8 Å². The summed E-state index contributed by atoms with van der Waals surface area (Å²) in [5.74, 6) is -0.146. The highest BCUT2D eigenvalue weighted by Gasteiger charge is 2.21. The predicted octanol–water partition coefficient (Wildman–Crippen LogP) is 5.98. The molecule has 1 aromatic heterocycles. The highest BCUT2D eigenvalue weighted by atomic mass is 79.9. The van der Waals surface area contributed by atoms with Crippen LogP contribution in [0.1, 0.15) is 46.5 Å². The smallest absolute Gasteiger partial charge is 0.128 e. The van der Waals surface area contributed by atoms with Crippen molar-refractivity contribution >= 4 is 27.3 Å². The third kappa shape index (κ3) is 3.26. The van der Waals surface area contributed by atoms with Crippen molar-refractivity contribution in [2.24, 2.45) is 0 Å². The van der Waals surface area contributed by atoms with Crippen molar-refractivity contribution in [3.63, 3.8) is 0 Å². The van der Waals surface area contributed by atoms with Crippen molar-refractivity contribution in [1.29, 1.82) is 0 Å². The molecule has 3 heteroatoms. The van der Waals surface area contributed by atoms with E-state index in [0.717, 1.165) is 10.4 Å². The first-order chi connectivity index (χ1) is 8.79. The summed E-state index contributed by atoms with van der Waals surface area (Å²) < 4.78 is 14.0. The molecule has 1 heterocycles. The average Bonchev–Trinajstić information content (AvgIpc) is 2.76. The van der Waals surface area contributed by atoms with E-state index in [4.69, 9.17) is 0 Å². The standard InChI is InChI=1S/C16H18BrFS/c1-10-5-6-11(12(18)9-10)15(17)13-7-8-14(19-13)16(2,3)4/h5-9,15H,1-4H3. The first kappa shape index (κ1) is 14.7. The van der Waals surface area contributed by atoms with Crippen LogP contribution in [0.5, 0.6) is 0 Å². The molecule has 0 nitrogen and oxygen atoms in total. The second kappa shape index (κ2) is 5.37. The number of rotatable bonds is 2. The summed E-state index contributed by atoms with van der Waals surface area (Å²) in [5.41, 5.74) is 1.79. The molecule has 19 heavy (non-hydrogen) atoms. The van der Waals surface area contributed by atoms with E-state index in [1.54, 1.807) is 17.4 Å². The summed E-state index contributed by atoms with van der Waals surface area (Å²) in [4.78, 5) is 2.39. The van der Waals surface area contributed by atoms with Crippen LogP contribution in [0.3, 0.4) is 0 Å². The number of hydrogen-bond donors (Lipinski definition) is 0. The Bertz CT molecular complexity index is 581. The second-order valence-electron chi connectivity index (χ2n) is 5.84. The van der Waals surface area contributed by atoms with Gasteiger partial charge in [0.05, 0.1) is 4.83 Å². The molecule has 0 amide bonds. The fourth-order valence-corrected chi connectivity index (χ4v) is 3.75. The van der Waals surface area contributed by atoms with Gasteiger partial charge < -0.3 is 0 Å². The summed E-state index contributed by atoms with van der Waals surface area (Å²) in [6.45, 7) is 8.48. The number of aryl methyl sites for hydroxylation is 1. The third-order valence-corrected chi connectivity index (χ3v) is 5.91. The molecule has 0 bridgehead atoms. The second-order valence-corrected chi connectivity index (χ2v) is 7.87. The molecular weight excluding hydrogens is 323 g/mol. The molecule has 1 atom stereocenters. The van der Waals surface area contributed by atoms with Crippen LogP contribution in [0.15, 0.2) is 30.3 Å². The summed E-state index contributed by atoms with van der Waals surface area (Å²) in [6, 6.07) is 9.62. The van der Waals surface area contributed by atoms with Crippen LogP contribution in [0.25, 0.3) is 0 Å². The Labute approximate surface area is 126 Å². The Kier molecular flexibility index (Phi) is 4.17. The minimum absolute atomic E-state index is 0.0748. The van der Waals surface area contributed by atoms with Crippen LogP contribution in [0.4, 0.5) is 4.39 Å². The monoisotopic (exact) mass is 340 g/mol. The lowest BCUT2D eigenvalue weighted by molar-refractivity contribution is 0.604. The molecule has 2 rings (SSSR count). The Morgan fingerprint density at radius 2 is 1.84 bits per heavy atom. The molecule has 1 aromatic carbocycles. The lowest BCUT2D eigenvalue weighted by Gasteiger charge is -2.16. The predicted molar refractivity (Wildman–Crippen MR) is 84.9 cm³/mol. The first-order valence-electron chi connectivity index (χ1n) is 6.29. The molecule has 0 radical (unpaired) electrons. The van der Waals surface area contributed by atoms with E-state index < -0.39 is 0 Å². The number of benzene rings is 1. The van der Waals surface area contributed by atoms with Gasteiger partial charge >= 0.3 is 0 Å². The van der Waals surface area contributed by atoms with E-state index in [2.05, 4.69) is 48.8 Å². The van der Waals surface area contributed by atoms with Gasteiger partial charge in [-0.2, -0.15) is 0 Å². The third-order valence-electron chi connectivity index (χ3n) is 3.04. The summed E-state index contributed by atoms with van der Waals surface area (Å²) >= 11 is 5.36.